The number of hydrazine groups is 1. The lowest BCUT2D eigenvalue weighted by Crippen LogP contribution is -2.35. The zero-order valence-corrected chi connectivity index (χ0v) is 12.7. The normalized spacial score (nSPS) is 14.2. The summed E-state index contributed by atoms with van der Waals surface area (Å²) in [4.78, 5) is 8.63. The lowest BCUT2D eigenvalue weighted by atomic mass is 9.94. The number of anilines is 2. The zero-order chi connectivity index (χ0) is 15.5. The molecule has 1 aromatic carbocycles. The van der Waals surface area contributed by atoms with Gasteiger partial charge in [0.25, 0.3) is 0 Å². The van der Waals surface area contributed by atoms with Crippen LogP contribution < -0.4 is 16.6 Å². The number of rotatable bonds is 6. The molecule has 5 N–H and O–H groups in total. The minimum atomic E-state index is -0.795. The van der Waals surface area contributed by atoms with Crippen LogP contribution in [0.1, 0.15) is 27.2 Å². The molecule has 0 aliphatic heterocycles. The molecule has 6 nitrogen and oxygen atoms in total. The summed E-state index contributed by atoms with van der Waals surface area (Å²) in [5.41, 5.74) is 2.47. The molecular weight excluding hydrogens is 266 g/mol. The lowest BCUT2D eigenvalue weighted by molar-refractivity contribution is 0.0515. The van der Waals surface area contributed by atoms with Crippen LogP contribution in [-0.4, -0.2) is 27.2 Å². The van der Waals surface area contributed by atoms with E-state index in [1.165, 1.54) is 0 Å². The Kier molecular flexibility index (Phi) is 4.59. The number of aromatic nitrogens is 2. The van der Waals surface area contributed by atoms with E-state index < -0.39 is 5.60 Å². The Morgan fingerprint density at radius 3 is 2.67 bits per heavy atom. The van der Waals surface area contributed by atoms with Crippen molar-refractivity contribution in [2.24, 2.45) is 11.8 Å². The predicted octanol–water partition coefficient (Wildman–Crippen LogP) is 2.12. The standard InChI is InChI=1S/C15H23N5O/c1-10(2)8-15(3,21)9-17-13-11-6-4-5-7-12(11)18-14(19-13)20-16/h4-7,10,21H,8-9,16H2,1-3H3,(H2,17,18,19,20). The molecule has 2 rings (SSSR count). The Hall–Kier alpha value is -1.92. The van der Waals surface area contributed by atoms with Crippen LogP contribution in [0.3, 0.4) is 0 Å². The molecule has 1 aromatic heterocycles. The fourth-order valence-electron chi connectivity index (χ4n) is 2.50. The highest BCUT2D eigenvalue weighted by Gasteiger charge is 2.22. The maximum absolute atomic E-state index is 10.4. The van der Waals surface area contributed by atoms with Gasteiger partial charge in [-0.05, 0) is 31.4 Å². The monoisotopic (exact) mass is 289 g/mol. The summed E-state index contributed by atoms with van der Waals surface area (Å²) in [6, 6.07) is 7.68. The molecule has 0 radical (unpaired) electrons. The van der Waals surface area contributed by atoms with Crippen molar-refractivity contribution < 1.29 is 5.11 Å². The minimum Gasteiger partial charge on any atom is -0.388 e. The Morgan fingerprint density at radius 1 is 1.29 bits per heavy atom. The number of benzene rings is 1. The van der Waals surface area contributed by atoms with E-state index in [9.17, 15) is 5.11 Å². The van der Waals surface area contributed by atoms with E-state index in [-0.39, 0.29) is 0 Å². The molecule has 114 valence electrons. The molecule has 1 atom stereocenters. The molecule has 1 heterocycles. The van der Waals surface area contributed by atoms with E-state index in [0.29, 0.717) is 30.6 Å². The molecule has 0 saturated carbocycles. The Labute approximate surface area is 124 Å². The number of nitrogens with zero attached hydrogens (tertiary/aromatic N) is 2. The topological polar surface area (TPSA) is 96.1 Å². The number of nitrogens with two attached hydrogens (primary N) is 1. The lowest BCUT2D eigenvalue weighted by Gasteiger charge is -2.26. The number of para-hydroxylation sites is 1. The van der Waals surface area contributed by atoms with Crippen molar-refractivity contribution in [3.63, 3.8) is 0 Å². The summed E-state index contributed by atoms with van der Waals surface area (Å²) in [6.45, 7) is 6.41. The molecule has 1 unspecified atom stereocenters. The van der Waals surface area contributed by atoms with Gasteiger partial charge in [0.05, 0.1) is 11.1 Å². The van der Waals surface area contributed by atoms with Crippen LogP contribution in [0.4, 0.5) is 11.8 Å². The number of nitrogen functional groups attached to an aromatic ring is 1. The van der Waals surface area contributed by atoms with Gasteiger partial charge in [0.15, 0.2) is 0 Å². The summed E-state index contributed by atoms with van der Waals surface area (Å²) in [6.07, 6.45) is 0.713. The fraction of sp³-hybridized carbons (Fsp3) is 0.467. The van der Waals surface area contributed by atoms with Gasteiger partial charge in [-0.2, -0.15) is 4.98 Å². The van der Waals surface area contributed by atoms with Gasteiger partial charge in [-0.3, -0.25) is 5.43 Å². The molecule has 0 amide bonds. The zero-order valence-electron chi connectivity index (χ0n) is 12.7. The van der Waals surface area contributed by atoms with Crippen LogP contribution in [0.25, 0.3) is 10.9 Å². The van der Waals surface area contributed by atoms with Crippen LogP contribution in [0.15, 0.2) is 24.3 Å². The first kappa shape index (κ1) is 15.5. The van der Waals surface area contributed by atoms with Crippen LogP contribution in [0, 0.1) is 5.92 Å². The molecule has 6 heteroatoms. The minimum absolute atomic E-state index is 0.347. The highest BCUT2D eigenvalue weighted by atomic mass is 16.3. The van der Waals surface area contributed by atoms with E-state index in [2.05, 4.69) is 34.6 Å². The van der Waals surface area contributed by atoms with E-state index in [4.69, 9.17) is 5.84 Å². The molecule has 0 fully saturated rings. The molecule has 21 heavy (non-hydrogen) atoms. The van der Waals surface area contributed by atoms with Crippen molar-refractivity contribution in [2.45, 2.75) is 32.8 Å². The first-order valence-electron chi connectivity index (χ1n) is 7.11. The average molecular weight is 289 g/mol. The van der Waals surface area contributed by atoms with Gasteiger partial charge in [0.2, 0.25) is 5.95 Å². The summed E-state index contributed by atoms with van der Waals surface area (Å²) in [7, 11) is 0. The summed E-state index contributed by atoms with van der Waals surface area (Å²) < 4.78 is 0. The van der Waals surface area contributed by atoms with Crippen LogP contribution in [0.2, 0.25) is 0 Å². The van der Waals surface area contributed by atoms with Gasteiger partial charge in [0.1, 0.15) is 5.82 Å². The number of hydrogen-bond acceptors (Lipinski definition) is 6. The number of nitrogens with one attached hydrogen (secondary N) is 2. The first-order valence-corrected chi connectivity index (χ1v) is 7.11. The molecule has 0 aliphatic carbocycles. The smallest absolute Gasteiger partial charge is 0.239 e. The summed E-state index contributed by atoms with van der Waals surface area (Å²) >= 11 is 0. The van der Waals surface area contributed by atoms with Crippen molar-refractivity contribution in [2.75, 3.05) is 17.3 Å². The molecular formula is C15H23N5O. The second kappa shape index (κ2) is 6.24. The molecule has 0 spiro atoms. The Balaban J connectivity index is 2.25. The van der Waals surface area contributed by atoms with E-state index in [1.54, 1.807) is 0 Å². The second-order valence-electron chi connectivity index (χ2n) is 6.01. The molecule has 0 saturated heterocycles. The quantitative estimate of drug-likeness (QED) is 0.480. The highest BCUT2D eigenvalue weighted by Crippen LogP contribution is 2.23. The van der Waals surface area contributed by atoms with E-state index in [0.717, 1.165) is 10.9 Å². The van der Waals surface area contributed by atoms with Crippen LogP contribution >= 0.6 is 0 Å². The Morgan fingerprint density at radius 2 is 2.00 bits per heavy atom. The number of hydrogen-bond donors (Lipinski definition) is 4. The van der Waals surface area contributed by atoms with Crippen molar-refractivity contribution in [3.8, 4) is 0 Å². The van der Waals surface area contributed by atoms with Gasteiger partial charge >= 0.3 is 0 Å². The second-order valence-corrected chi connectivity index (χ2v) is 6.01. The summed E-state index contributed by atoms with van der Waals surface area (Å²) in [5, 5.41) is 14.5. The third-order valence-electron chi connectivity index (χ3n) is 3.22. The molecule has 0 aliphatic rings. The van der Waals surface area contributed by atoms with Crippen molar-refractivity contribution in [1.29, 1.82) is 0 Å². The third kappa shape index (κ3) is 4.03. The van der Waals surface area contributed by atoms with Gasteiger partial charge in [-0.1, -0.05) is 26.0 Å². The molecule has 2 aromatic rings. The SMILES string of the molecule is CC(C)CC(C)(O)CNc1nc(NN)nc2ccccc12. The number of fused-ring (bicyclic) bond motifs is 1. The van der Waals surface area contributed by atoms with Gasteiger partial charge in [-0.25, -0.2) is 10.8 Å². The van der Waals surface area contributed by atoms with Crippen molar-refractivity contribution in [3.05, 3.63) is 24.3 Å². The fourth-order valence-corrected chi connectivity index (χ4v) is 2.50. The Bertz CT molecular complexity index is 612. The van der Waals surface area contributed by atoms with E-state index in [1.807, 2.05) is 31.2 Å². The summed E-state index contributed by atoms with van der Waals surface area (Å²) in [5.74, 6) is 6.84. The maximum atomic E-state index is 10.4. The predicted molar refractivity (Wildman–Crippen MR) is 85.9 cm³/mol. The van der Waals surface area contributed by atoms with Crippen molar-refractivity contribution >= 4 is 22.7 Å². The number of aliphatic hydroxyl groups is 1. The highest BCUT2D eigenvalue weighted by molar-refractivity contribution is 5.89. The van der Waals surface area contributed by atoms with Gasteiger partial charge in [0, 0.05) is 11.9 Å². The van der Waals surface area contributed by atoms with Gasteiger partial charge in [-0.15, -0.1) is 0 Å². The first-order chi connectivity index (χ1) is 9.91. The van der Waals surface area contributed by atoms with Crippen LogP contribution in [-0.2, 0) is 0 Å². The van der Waals surface area contributed by atoms with Crippen LogP contribution in [0.5, 0.6) is 0 Å². The average Bonchev–Trinajstić information content (AvgIpc) is 2.43. The van der Waals surface area contributed by atoms with Crippen molar-refractivity contribution in [1.82, 2.24) is 9.97 Å². The maximum Gasteiger partial charge on any atom is 0.239 e. The van der Waals surface area contributed by atoms with Gasteiger partial charge < -0.3 is 10.4 Å². The largest absolute Gasteiger partial charge is 0.388 e. The molecule has 0 bridgehead atoms. The third-order valence-corrected chi connectivity index (χ3v) is 3.22. The van der Waals surface area contributed by atoms with E-state index >= 15 is 0 Å².